The summed E-state index contributed by atoms with van der Waals surface area (Å²) >= 11 is 3.39. The molecule has 0 fully saturated rings. The molecule has 22 heavy (non-hydrogen) atoms. The van der Waals surface area contributed by atoms with E-state index in [0.29, 0.717) is 5.69 Å². The number of sulfonamides is 1. The number of aryl methyl sites for hydroxylation is 1. The first-order valence-corrected chi connectivity index (χ1v) is 8.72. The first-order chi connectivity index (χ1) is 10.3. The molecule has 0 saturated carbocycles. The summed E-state index contributed by atoms with van der Waals surface area (Å²) in [7, 11) is -2.25. The average Bonchev–Trinajstić information content (AvgIpc) is 2.51. The molecule has 2 rings (SSSR count). The van der Waals surface area contributed by atoms with Crippen LogP contribution in [0.1, 0.15) is 15.9 Å². The van der Waals surface area contributed by atoms with Crippen LogP contribution in [0.25, 0.3) is 0 Å². The molecule has 7 heteroatoms. The summed E-state index contributed by atoms with van der Waals surface area (Å²) in [6, 6.07) is 11.3. The Kier molecular flexibility index (Phi) is 5.00. The molecule has 0 radical (unpaired) electrons. The van der Waals surface area contributed by atoms with Gasteiger partial charge in [0.05, 0.1) is 4.90 Å². The lowest BCUT2D eigenvalue weighted by atomic mass is 10.2. The molecule has 0 aromatic heterocycles. The maximum atomic E-state index is 12.2. The molecule has 0 bridgehead atoms. The number of carbonyl (C=O) groups excluding carboxylic acids is 1. The van der Waals surface area contributed by atoms with Crippen molar-refractivity contribution < 1.29 is 13.2 Å². The van der Waals surface area contributed by atoms with E-state index in [2.05, 4.69) is 26.0 Å². The van der Waals surface area contributed by atoms with Crippen LogP contribution in [-0.2, 0) is 10.0 Å². The van der Waals surface area contributed by atoms with Crippen LogP contribution in [-0.4, -0.2) is 21.4 Å². The van der Waals surface area contributed by atoms with Crippen molar-refractivity contribution in [3.8, 4) is 0 Å². The topological polar surface area (TPSA) is 75.3 Å². The molecule has 2 N–H and O–H groups in total. The molecular formula is C15H15BrN2O3S. The minimum atomic E-state index is -3.58. The third kappa shape index (κ3) is 3.73. The maximum Gasteiger partial charge on any atom is 0.255 e. The Morgan fingerprint density at radius 2 is 1.86 bits per heavy atom. The molecule has 2 aromatic carbocycles. The average molecular weight is 383 g/mol. The van der Waals surface area contributed by atoms with E-state index in [1.807, 2.05) is 19.1 Å². The summed E-state index contributed by atoms with van der Waals surface area (Å²) in [4.78, 5) is 12.3. The lowest BCUT2D eigenvalue weighted by Crippen LogP contribution is -2.19. The fraction of sp³-hybridized carbons (Fsp3) is 0.133. The number of halogens is 1. The summed E-state index contributed by atoms with van der Waals surface area (Å²) < 4.78 is 26.7. The van der Waals surface area contributed by atoms with Gasteiger partial charge in [-0.05, 0) is 55.9 Å². The predicted octanol–water partition coefficient (Wildman–Crippen LogP) is 2.92. The second-order valence-corrected chi connectivity index (χ2v) is 7.39. The van der Waals surface area contributed by atoms with Crippen molar-refractivity contribution in [2.75, 3.05) is 12.4 Å². The van der Waals surface area contributed by atoms with Gasteiger partial charge in [0.1, 0.15) is 0 Å². The van der Waals surface area contributed by atoms with Crippen molar-refractivity contribution in [1.29, 1.82) is 0 Å². The number of anilines is 1. The molecule has 0 aliphatic heterocycles. The van der Waals surface area contributed by atoms with Crippen molar-refractivity contribution in [2.24, 2.45) is 0 Å². The Hall–Kier alpha value is -1.70. The Labute approximate surface area is 137 Å². The SMILES string of the molecule is CNS(=O)(=O)c1cccc(C(=O)Nc2ccc(Br)c(C)c2)c1. The maximum absolute atomic E-state index is 12.2. The van der Waals surface area contributed by atoms with Crippen LogP contribution in [0, 0.1) is 6.92 Å². The number of carbonyl (C=O) groups is 1. The van der Waals surface area contributed by atoms with E-state index in [0.717, 1.165) is 10.0 Å². The zero-order chi connectivity index (χ0) is 16.3. The number of hydrogen-bond acceptors (Lipinski definition) is 3. The van der Waals surface area contributed by atoms with Crippen LogP contribution in [0.15, 0.2) is 51.8 Å². The van der Waals surface area contributed by atoms with Crippen LogP contribution in [0.4, 0.5) is 5.69 Å². The lowest BCUT2D eigenvalue weighted by Gasteiger charge is -2.08. The molecular weight excluding hydrogens is 368 g/mol. The third-order valence-electron chi connectivity index (χ3n) is 3.09. The smallest absolute Gasteiger partial charge is 0.255 e. The number of rotatable bonds is 4. The monoisotopic (exact) mass is 382 g/mol. The van der Waals surface area contributed by atoms with Gasteiger partial charge in [0.2, 0.25) is 10.0 Å². The Morgan fingerprint density at radius 1 is 1.14 bits per heavy atom. The van der Waals surface area contributed by atoms with E-state index in [4.69, 9.17) is 0 Å². The zero-order valence-electron chi connectivity index (χ0n) is 12.1. The van der Waals surface area contributed by atoms with Gasteiger partial charge in [-0.2, -0.15) is 0 Å². The van der Waals surface area contributed by atoms with Crippen LogP contribution in [0.2, 0.25) is 0 Å². The molecule has 1 amide bonds. The van der Waals surface area contributed by atoms with Gasteiger partial charge in [-0.15, -0.1) is 0 Å². The van der Waals surface area contributed by atoms with Crippen molar-refractivity contribution in [1.82, 2.24) is 4.72 Å². The van der Waals surface area contributed by atoms with E-state index in [1.165, 1.54) is 25.2 Å². The number of amides is 1. The van der Waals surface area contributed by atoms with E-state index in [1.54, 1.807) is 12.1 Å². The largest absolute Gasteiger partial charge is 0.322 e. The Bertz CT molecular complexity index is 819. The number of hydrogen-bond donors (Lipinski definition) is 2. The fourth-order valence-corrected chi connectivity index (χ4v) is 2.87. The summed E-state index contributed by atoms with van der Waals surface area (Å²) in [6.45, 7) is 1.92. The summed E-state index contributed by atoms with van der Waals surface area (Å²) in [5, 5.41) is 2.75. The van der Waals surface area contributed by atoms with Gasteiger partial charge in [0.25, 0.3) is 5.91 Å². The summed E-state index contributed by atoms with van der Waals surface area (Å²) in [6.07, 6.45) is 0. The summed E-state index contributed by atoms with van der Waals surface area (Å²) in [5.41, 5.74) is 1.91. The van der Waals surface area contributed by atoms with Crippen molar-refractivity contribution >= 4 is 37.5 Å². The first kappa shape index (κ1) is 16.7. The molecule has 0 aliphatic rings. The van der Waals surface area contributed by atoms with Gasteiger partial charge >= 0.3 is 0 Å². The van der Waals surface area contributed by atoms with Crippen LogP contribution in [0.5, 0.6) is 0 Å². The van der Waals surface area contributed by atoms with Crippen molar-refractivity contribution in [3.63, 3.8) is 0 Å². The standard InChI is InChI=1S/C15H15BrN2O3S/c1-10-8-12(6-7-14(10)16)18-15(19)11-4-3-5-13(9-11)22(20,21)17-2/h3-9,17H,1-2H3,(H,18,19). The molecule has 5 nitrogen and oxygen atoms in total. The first-order valence-electron chi connectivity index (χ1n) is 6.44. The van der Waals surface area contributed by atoms with E-state index in [9.17, 15) is 13.2 Å². The third-order valence-corrected chi connectivity index (χ3v) is 5.39. The lowest BCUT2D eigenvalue weighted by molar-refractivity contribution is 0.102. The molecule has 0 spiro atoms. The second kappa shape index (κ2) is 6.60. The number of benzene rings is 2. The van der Waals surface area contributed by atoms with E-state index in [-0.39, 0.29) is 16.4 Å². The Morgan fingerprint density at radius 3 is 2.50 bits per heavy atom. The van der Waals surface area contributed by atoms with Crippen molar-refractivity contribution in [3.05, 3.63) is 58.1 Å². The molecule has 0 saturated heterocycles. The second-order valence-electron chi connectivity index (χ2n) is 4.65. The minimum absolute atomic E-state index is 0.0506. The highest BCUT2D eigenvalue weighted by atomic mass is 79.9. The predicted molar refractivity (Wildman–Crippen MR) is 89.5 cm³/mol. The number of nitrogens with one attached hydrogen (secondary N) is 2. The van der Waals surface area contributed by atoms with Gasteiger partial charge in [-0.25, -0.2) is 13.1 Å². The fourth-order valence-electron chi connectivity index (χ4n) is 1.85. The molecule has 0 aliphatic carbocycles. The zero-order valence-corrected chi connectivity index (χ0v) is 14.5. The summed E-state index contributed by atoms with van der Waals surface area (Å²) in [5.74, 6) is -0.366. The molecule has 0 heterocycles. The minimum Gasteiger partial charge on any atom is -0.322 e. The Balaban J connectivity index is 2.26. The van der Waals surface area contributed by atoms with Crippen LogP contribution >= 0.6 is 15.9 Å². The van der Waals surface area contributed by atoms with Crippen LogP contribution < -0.4 is 10.0 Å². The highest BCUT2D eigenvalue weighted by Gasteiger charge is 2.14. The highest BCUT2D eigenvalue weighted by Crippen LogP contribution is 2.21. The van der Waals surface area contributed by atoms with E-state index >= 15 is 0 Å². The molecule has 0 unspecified atom stereocenters. The normalized spacial score (nSPS) is 11.2. The van der Waals surface area contributed by atoms with Crippen LogP contribution in [0.3, 0.4) is 0 Å². The van der Waals surface area contributed by atoms with E-state index < -0.39 is 10.0 Å². The van der Waals surface area contributed by atoms with Gasteiger partial charge in [0, 0.05) is 15.7 Å². The molecule has 0 atom stereocenters. The van der Waals surface area contributed by atoms with Gasteiger partial charge in [-0.3, -0.25) is 4.79 Å². The van der Waals surface area contributed by atoms with Gasteiger partial charge in [0.15, 0.2) is 0 Å². The highest BCUT2D eigenvalue weighted by molar-refractivity contribution is 9.10. The molecule has 116 valence electrons. The van der Waals surface area contributed by atoms with Gasteiger partial charge < -0.3 is 5.32 Å². The quantitative estimate of drug-likeness (QED) is 0.853. The van der Waals surface area contributed by atoms with Crippen molar-refractivity contribution in [2.45, 2.75) is 11.8 Å². The molecule has 2 aromatic rings. The van der Waals surface area contributed by atoms with Gasteiger partial charge in [-0.1, -0.05) is 22.0 Å².